The number of rotatable bonds is 10. The third kappa shape index (κ3) is 6.13. The Bertz CT molecular complexity index is 968. The molecule has 2 rings (SSSR count). The standard InChI is InChI=1S/C23H25FN2O4/c1-16-13-19(17(2)26(16)10-12-29-3)14-20(15-25)23(28)30-11-4-5-22(27)18-6-8-21(24)9-7-18/h6-9,13-14H,4-5,10-12H2,1-3H3/b20-14+. The van der Waals surface area contributed by atoms with Crippen LogP contribution in [0, 0.1) is 31.0 Å². The van der Waals surface area contributed by atoms with E-state index in [0.717, 1.165) is 17.0 Å². The monoisotopic (exact) mass is 412 g/mol. The van der Waals surface area contributed by atoms with Crippen LogP contribution < -0.4 is 0 Å². The predicted octanol–water partition coefficient (Wildman–Crippen LogP) is 4.00. The molecule has 0 radical (unpaired) electrons. The van der Waals surface area contributed by atoms with Gasteiger partial charge in [-0.05, 0) is 62.2 Å². The molecule has 1 heterocycles. The summed E-state index contributed by atoms with van der Waals surface area (Å²) in [6, 6.07) is 9.07. The number of nitrogens with zero attached hydrogens (tertiary/aromatic N) is 2. The number of ether oxygens (including phenoxy) is 2. The van der Waals surface area contributed by atoms with Crippen LogP contribution >= 0.6 is 0 Å². The van der Waals surface area contributed by atoms with Crippen LogP contribution in [0.3, 0.4) is 0 Å². The first kappa shape index (κ1) is 23.0. The molecule has 7 heteroatoms. The van der Waals surface area contributed by atoms with Crippen LogP contribution in [-0.4, -0.2) is 36.6 Å². The van der Waals surface area contributed by atoms with Gasteiger partial charge in [-0.25, -0.2) is 9.18 Å². The summed E-state index contributed by atoms with van der Waals surface area (Å²) in [7, 11) is 1.63. The van der Waals surface area contributed by atoms with Crippen LogP contribution in [0.5, 0.6) is 0 Å². The maximum atomic E-state index is 12.9. The highest BCUT2D eigenvalue weighted by molar-refractivity contribution is 5.98. The SMILES string of the molecule is COCCn1c(C)cc(/C=C(\C#N)C(=O)OCCCC(=O)c2ccc(F)cc2)c1C. The molecule has 1 aromatic heterocycles. The zero-order valence-electron chi connectivity index (χ0n) is 17.4. The summed E-state index contributed by atoms with van der Waals surface area (Å²) in [5.41, 5.74) is 3.00. The van der Waals surface area contributed by atoms with E-state index >= 15 is 0 Å². The second kappa shape index (κ2) is 11.1. The van der Waals surface area contributed by atoms with Crippen LogP contribution in [0.15, 0.2) is 35.9 Å². The number of hydrogen-bond donors (Lipinski definition) is 0. The van der Waals surface area contributed by atoms with Gasteiger partial charge in [-0.3, -0.25) is 4.79 Å². The molecule has 1 aromatic carbocycles. The number of aryl methyl sites for hydroxylation is 1. The van der Waals surface area contributed by atoms with Crippen molar-refractivity contribution >= 4 is 17.8 Å². The number of methoxy groups -OCH3 is 1. The van der Waals surface area contributed by atoms with E-state index in [2.05, 4.69) is 4.57 Å². The number of carbonyl (C=O) groups excluding carboxylic acids is 2. The van der Waals surface area contributed by atoms with Gasteiger partial charge in [-0.15, -0.1) is 0 Å². The van der Waals surface area contributed by atoms with E-state index in [1.165, 1.54) is 30.3 Å². The summed E-state index contributed by atoms with van der Waals surface area (Å²) in [5, 5.41) is 9.35. The fourth-order valence-corrected chi connectivity index (χ4v) is 3.05. The number of nitriles is 1. The summed E-state index contributed by atoms with van der Waals surface area (Å²) in [6.07, 6.45) is 1.98. The molecule has 2 aromatic rings. The van der Waals surface area contributed by atoms with Crippen molar-refractivity contribution in [2.24, 2.45) is 0 Å². The minimum Gasteiger partial charge on any atom is -0.462 e. The van der Waals surface area contributed by atoms with Crippen molar-refractivity contribution in [2.45, 2.75) is 33.2 Å². The zero-order chi connectivity index (χ0) is 22.1. The van der Waals surface area contributed by atoms with E-state index in [1.807, 2.05) is 26.0 Å². The van der Waals surface area contributed by atoms with Gasteiger partial charge in [0, 0.05) is 37.0 Å². The van der Waals surface area contributed by atoms with E-state index in [4.69, 9.17) is 9.47 Å². The Morgan fingerprint density at radius 2 is 1.90 bits per heavy atom. The minimum absolute atomic E-state index is 0.0116. The van der Waals surface area contributed by atoms with Gasteiger partial charge >= 0.3 is 5.97 Å². The quantitative estimate of drug-likeness (QED) is 0.194. The first-order chi connectivity index (χ1) is 14.4. The van der Waals surface area contributed by atoms with Crippen molar-refractivity contribution in [1.82, 2.24) is 4.57 Å². The van der Waals surface area contributed by atoms with Gasteiger partial charge in [0.25, 0.3) is 0 Å². The summed E-state index contributed by atoms with van der Waals surface area (Å²) >= 11 is 0. The molecule has 158 valence electrons. The minimum atomic E-state index is -0.728. The number of Topliss-reactive ketones (excluding diaryl/α,β-unsaturated/α-hetero) is 1. The normalized spacial score (nSPS) is 11.2. The predicted molar refractivity (Wildman–Crippen MR) is 110 cm³/mol. The molecule has 0 aliphatic carbocycles. The molecule has 0 bridgehead atoms. The molecule has 0 unspecified atom stereocenters. The van der Waals surface area contributed by atoms with Crippen molar-refractivity contribution in [3.8, 4) is 6.07 Å². The Kier molecular flexibility index (Phi) is 8.51. The van der Waals surface area contributed by atoms with Crippen LogP contribution in [0.1, 0.15) is 40.2 Å². The molecule has 0 fully saturated rings. The third-order valence-corrected chi connectivity index (χ3v) is 4.72. The van der Waals surface area contributed by atoms with E-state index in [1.54, 1.807) is 7.11 Å². The molecular formula is C23H25FN2O4. The number of hydrogen-bond acceptors (Lipinski definition) is 5. The van der Waals surface area contributed by atoms with Crippen LogP contribution in [0.2, 0.25) is 0 Å². The van der Waals surface area contributed by atoms with Crippen LogP contribution in [-0.2, 0) is 20.8 Å². The Hall–Kier alpha value is -3.24. The van der Waals surface area contributed by atoms with Crippen LogP contribution in [0.4, 0.5) is 4.39 Å². The van der Waals surface area contributed by atoms with Crippen molar-refractivity contribution in [3.05, 3.63) is 64.2 Å². The molecule has 0 aliphatic heterocycles. The lowest BCUT2D eigenvalue weighted by atomic mass is 10.1. The summed E-state index contributed by atoms with van der Waals surface area (Å²) in [6.45, 7) is 5.11. The second-order valence-corrected chi connectivity index (χ2v) is 6.81. The lowest BCUT2D eigenvalue weighted by molar-refractivity contribution is -0.138. The van der Waals surface area contributed by atoms with Gasteiger partial charge in [0.15, 0.2) is 5.78 Å². The molecule has 30 heavy (non-hydrogen) atoms. The highest BCUT2D eigenvalue weighted by atomic mass is 19.1. The van der Waals surface area contributed by atoms with Gasteiger partial charge in [-0.2, -0.15) is 5.26 Å². The molecule has 0 N–H and O–H groups in total. The Balaban J connectivity index is 1.93. The van der Waals surface area contributed by atoms with Gasteiger partial charge < -0.3 is 14.0 Å². The van der Waals surface area contributed by atoms with Crippen molar-refractivity contribution < 1.29 is 23.5 Å². The van der Waals surface area contributed by atoms with E-state index in [-0.39, 0.29) is 24.4 Å². The lowest BCUT2D eigenvalue weighted by Gasteiger charge is -2.08. The summed E-state index contributed by atoms with van der Waals surface area (Å²) in [4.78, 5) is 24.3. The number of benzene rings is 1. The molecule has 0 spiro atoms. The first-order valence-corrected chi connectivity index (χ1v) is 9.60. The fraction of sp³-hybridized carbons (Fsp3) is 0.348. The molecule has 0 aliphatic rings. The van der Waals surface area contributed by atoms with Crippen molar-refractivity contribution in [2.75, 3.05) is 20.3 Å². The topological polar surface area (TPSA) is 81.3 Å². The molecule has 0 saturated heterocycles. The van der Waals surface area contributed by atoms with Gasteiger partial charge in [-0.1, -0.05) is 0 Å². The Labute approximate surface area is 175 Å². The number of carbonyl (C=O) groups is 2. The molecule has 0 saturated carbocycles. The lowest BCUT2D eigenvalue weighted by Crippen LogP contribution is -2.10. The molecule has 0 amide bonds. The Morgan fingerprint density at radius 3 is 2.53 bits per heavy atom. The first-order valence-electron chi connectivity index (χ1n) is 9.60. The highest BCUT2D eigenvalue weighted by Crippen LogP contribution is 2.19. The van der Waals surface area contributed by atoms with Crippen molar-refractivity contribution in [1.29, 1.82) is 5.26 Å². The maximum absolute atomic E-state index is 12.9. The molecular weight excluding hydrogens is 387 g/mol. The smallest absolute Gasteiger partial charge is 0.348 e. The second-order valence-electron chi connectivity index (χ2n) is 6.81. The summed E-state index contributed by atoms with van der Waals surface area (Å²) in [5.74, 6) is -1.30. The largest absolute Gasteiger partial charge is 0.462 e. The molecule has 0 atom stereocenters. The zero-order valence-corrected chi connectivity index (χ0v) is 17.4. The van der Waals surface area contributed by atoms with E-state index < -0.39 is 11.8 Å². The van der Waals surface area contributed by atoms with Gasteiger partial charge in [0.2, 0.25) is 0 Å². The Morgan fingerprint density at radius 1 is 1.20 bits per heavy atom. The number of esters is 1. The van der Waals surface area contributed by atoms with Gasteiger partial charge in [0.05, 0.1) is 13.2 Å². The summed E-state index contributed by atoms with van der Waals surface area (Å²) < 4.78 is 25.2. The number of aromatic nitrogens is 1. The maximum Gasteiger partial charge on any atom is 0.348 e. The fourth-order valence-electron chi connectivity index (χ4n) is 3.05. The number of halogens is 1. The average Bonchev–Trinajstić information content (AvgIpc) is 3.00. The third-order valence-electron chi connectivity index (χ3n) is 4.72. The molecule has 6 nitrogen and oxygen atoms in total. The van der Waals surface area contributed by atoms with E-state index in [0.29, 0.717) is 25.1 Å². The average molecular weight is 412 g/mol. The van der Waals surface area contributed by atoms with Crippen molar-refractivity contribution in [3.63, 3.8) is 0 Å². The van der Waals surface area contributed by atoms with Crippen LogP contribution in [0.25, 0.3) is 6.08 Å². The number of ketones is 1. The highest BCUT2D eigenvalue weighted by Gasteiger charge is 2.14. The van der Waals surface area contributed by atoms with E-state index in [9.17, 15) is 19.2 Å². The van der Waals surface area contributed by atoms with Gasteiger partial charge in [0.1, 0.15) is 17.5 Å².